The van der Waals surface area contributed by atoms with E-state index in [0.717, 1.165) is 18.6 Å². The van der Waals surface area contributed by atoms with Gasteiger partial charge in [0.15, 0.2) is 0 Å². The maximum Gasteiger partial charge on any atom is 0.122 e. The predicted molar refractivity (Wildman–Crippen MR) is 113 cm³/mol. The fourth-order valence-electron chi connectivity index (χ4n) is 4.00. The minimum absolute atomic E-state index is 0.0386. The van der Waals surface area contributed by atoms with Crippen LogP contribution in [0.5, 0.6) is 5.75 Å². The van der Waals surface area contributed by atoms with Crippen molar-refractivity contribution in [3.63, 3.8) is 0 Å². The van der Waals surface area contributed by atoms with Crippen LogP contribution < -0.4 is 10.5 Å². The molecule has 0 heterocycles. The van der Waals surface area contributed by atoms with Crippen LogP contribution in [-0.4, -0.2) is 13.2 Å². The fraction of sp³-hybridized carbons (Fsp3) is 0.280. The molecule has 0 spiro atoms. The summed E-state index contributed by atoms with van der Waals surface area (Å²) in [6.45, 7) is 2.21. The number of rotatable bonds is 8. The smallest absolute Gasteiger partial charge is 0.122 e. The summed E-state index contributed by atoms with van der Waals surface area (Å²) in [6.07, 6.45) is 1.88. The van der Waals surface area contributed by atoms with Crippen molar-refractivity contribution in [1.29, 1.82) is 0 Å². The minimum Gasteiger partial charge on any atom is -0.496 e. The molecule has 0 saturated heterocycles. The highest BCUT2D eigenvalue weighted by Gasteiger charge is 2.25. The van der Waals surface area contributed by atoms with Gasteiger partial charge >= 0.3 is 0 Å². The molecule has 0 aliphatic heterocycles. The first-order valence-corrected chi connectivity index (χ1v) is 9.73. The summed E-state index contributed by atoms with van der Waals surface area (Å²) in [5.41, 5.74) is 10.6. The van der Waals surface area contributed by atoms with E-state index in [2.05, 4.69) is 79.7 Å². The van der Waals surface area contributed by atoms with Gasteiger partial charge in [0.05, 0.1) is 7.11 Å². The molecular formula is C25H29NO. The second kappa shape index (κ2) is 9.38. The number of para-hydroxylation sites is 1. The zero-order chi connectivity index (χ0) is 19.1. The highest BCUT2D eigenvalue weighted by Crippen LogP contribution is 2.36. The minimum atomic E-state index is 0.0386. The molecule has 2 nitrogen and oxygen atoms in total. The molecule has 2 heteroatoms. The van der Waals surface area contributed by atoms with Crippen molar-refractivity contribution in [2.45, 2.75) is 37.6 Å². The number of methoxy groups -OCH3 is 1. The van der Waals surface area contributed by atoms with Gasteiger partial charge in [0.25, 0.3) is 0 Å². The highest BCUT2D eigenvalue weighted by molar-refractivity contribution is 5.38. The molecule has 3 rings (SSSR count). The summed E-state index contributed by atoms with van der Waals surface area (Å²) in [7, 11) is 1.73. The average molecular weight is 360 g/mol. The quantitative estimate of drug-likeness (QED) is 0.557. The van der Waals surface area contributed by atoms with Crippen molar-refractivity contribution in [3.8, 4) is 5.75 Å². The Morgan fingerprint density at radius 2 is 1.30 bits per heavy atom. The van der Waals surface area contributed by atoms with Gasteiger partial charge in [-0.1, -0.05) is 85.8 Å². The SMILES string of the molecule is CCC(c1ccccc1OC)[C@@H](N)CC(c1ccccc1)c1ccccc1. The van der Waals surface area contributed by atoms with E-state index in [1.54, 1.807) is 7.11 Å². The topological polar surface area (TPSA) is 35.2 Å². The summed E-state index contributed by atoms with van der Waals surface area (Å²) >= 11 is 0. The molecule has 27 heavy (non-hydrogen) atoms. The lowest BCUT2D eigenvalue weighted by atomic mass is 9.79. The van der Waals surface area contributed by atoms with Gasteiger partial charge in [-0.2, -0.15) is 0 Å². The summed E-state index contributed by atoms with van der Waals surface area (Å²) in [5.74, 6) is 1.47. The van der Waals surface area contributed by atoms with Crippen LogP contribution in [0.3, 0.4) is 0 Å². The van der Waals surface area contributed by atoms with Crippen LogP contribution in [0.4, 0.5) is 0 Å². The van der Waals surface area contributed by atoms with Gasteiger partial charge < -0.3 is 10.5 Å². The Hall–Kier alpha value is -2.58. The third kappa shape index (κ3) is 4.58. The molecular weight excluding hydrogens is 330 g/mol. The van der Waals surface area contributed by atoms with Crippen molar-refractivity contribution in [3.05, 3.63) is 102 Å². The maximum absolute atomic E-state index is 6.80. The zero-order valence-electron chi connectivity index (χ0n) is 16.2. The van der Waals surface area contributed by atoms with E-state index in [1.807, 2.05) is 12.1 Å². The van der Waals surface area contributed by atoms with Gasteiger partial charge in [0, 0.05) is 17.9 Å². The molecule has 0 bridgehead atoms. The van der Waals surface area contributed by atoms with Gasteiger partial charge in [-0.05, 0) is 35.6 Å². The summed E-state index contributed by atoms with van der Waals surface area (Å²) < 4.78 is 5.60. The van der Waals surface area contributed by atoms with Gasteiger partial charge in [-0.3, -0.25) is 0 Å². The van der Waals surface area contributed by atoms with Gasteiger partial charge in [-0.15, -0.1) is 0 Å². The van der Waals surface area contributed by atoms with Crippen LogP contribution >= 0.6 is 0 Å². The maximum atomic E-state index is 6.80. The third-order valence-corrected chi connectivity index (χ3v) is 5.41. The molecule has 0 aromatic heterocycles. The predicted octanol–water partition coefficient (Wildman–Crippen LogP) is 5.74. The van der Waals surface area contributed by atoms with Crippen LogP contribution in [0, 0.1) is 0 Å². The number of nitrogens with two attached hydrogens (primary N) is 1. The molecule has 0 saturated carbocycles. The first-order chi connectivity index (χ1) is 13.2. The molecule has 0 fully saturated rings. The van der Waals surface area contributed by atoms with Crippen molar-refractivity contribution in [1.82, 2.24) is 0 Å². The molecule has 2 atom stereocenters. The number of ether oxygens (including phenoxy) is 1. The number of benzene rings is 3. The Bertz CT molecular complexity index is 776. The first-order valence-electron chi connectivity index (χ1n) is 9.73. The largest absolute Gasteiger partial charge is 0.496 e. The molecule has 0 amide bonds. The van der Waals surface area contributed by atoms with Crippen LogP contribution in [0.2, 0.25) is 0 Å². The van der Waals surface area contributed by atoms with Gasteiger partial charge in [-0.25, -0.2) is 0 Å². The Labute approximate surface area is 163 Å². The number of hydrogen-bond donors (Lipinski definition) is 1. The summed E-state index contributed by atoms with van der Waals surface area (Å²) in [4.78, 5) is 0. The van der Waals surface area contributed by atoms with Gasteiger partial charge in [0.2, 0.25) is 0 Å². The molecule has 140 valence electrons. The molecule has 0 radical (unpaired) electrons. The lowest BCUT2D eigenvalue weighted by Crippen LogP contribution is -2.30. The van der Waals surface area contributed by atoms with E-state index in [4.69, 9.17) is 10.5 Å². The average Bonchev–Trinajstić information content (AvgIpc) is 2.74. The molecule has 3 aromatic rings. The Kier molecular flexibility index (Phi) is 6.67. The summed E-state index contributed by atoms with van der Waals surface area (Å²) in [6, 6.07) is 29.7. The van der Waals surface area contributed by atoms with Crippen molar-refractivity contribution in [2.75, 3.05) is 7.11 Å². The monoisotopic (exact) mass is 359 g/mol. The first kappa shape index (κ1) is 19.2. The van der Waals surface area contributed by atoms with Gasteiger partial charge in [0.1, 0.15) is 5.75 Å². The van der Waals surface area contributed by atoms with Crippen molar-refractivity contribution in [2.24, 2.45) is 5.73 Å². The second-order valence-electron chi connectivity index (χ2n) is 7.03. The zero-order valence-corrected chi connectivity index (χ0v) is 16.2. The van der Waals surface area contributed by atoms with Crippen LogP contribution in [0.1, 0.15) is 48.3 Å². The Morgan fingerprint density at radius 1 is 0.778 bits per heavy atom. The van der Waals surface area contributed by atoms with E-state index in [-0.39, 0.29) is 17.9 Å². The Morgan fingerprint density at radius 3 is 1.81 bits per heavy atom. The fourth-order valence-corrected chi connectivity index (χ4v) is 4.00. The summed E-state index contributed by atoms with van der Waals surface area (Å²) in [5, 5.41) is 0. The van der Waals surface area contributed by atoms with E-state index in [0.29, 0.717) is 0 Å². The number of hydrogen-bond acceptors (Lipinski definition) is 2. The van der Waals surface area contributed by atoms with E-state index >= 15 is 0 Å². The van der Waals surface area contributed by atoms with E-state index in [9.17, 15) is 0 Å². The molecule has 0 aliphatic rings. The lowest BCUT2D eigenvalue weighted by Gasteiger charge is -2.29. The normalized spacial score (nSPS) is 13.3. The van der Waals surface area contributed by atoms with Crippen molar-refractivity contribution < 1.29 is 4.74 Å². The molecule has 0 aliphatic carbocycles. The van der Waals surface area contributed by atoms with E-state index in [1.165, 1.54) is 16.7 Å². The van der Waals surface area contributed by atoms with Crippen LogP contribution in [0.15, 0.2) is 84.9 Å². The highest BCUT2D eigenvalue weighted by atomic mass is 16.5. The molecule has 2 N–H and O–H groups in total. The van der Waals surface area contributed by atoms with Crippen LogP contribution in [-0.2, 0) is 0 Å². The van der Waals surface area contributed by atoms with Crippen LogP contribution in [0.25, 0.3) is 0 Å². The molecule has 1 unspecified atom stereocenters. The standard InChI is InChI=1S/C25H29NO/c1-3-21(22-16-10-11-17-25(22)27-2)24(26)18-23(19-12-6-4-7-13-19)20-14-8-5-9-15-20/h4-17,21,23-24H,3,18,26H2,1-2H3/t21?,24-/m0/s1. The second-order valence-corrected chi connectivity index (χ2v) is 7.03. The van der Waals surface area contributed by atoms with E-state index < -0.39 is 0 Å². The molecule has 3 aromatic carbocycles. The third-order valence-electron chi connectivity index (χ3n) is 5.41. The van der Waals surface area contributed by atoms with Crippen molar-refractivity contribution >= 4 is 0 Å². The lowest BCUT2D eigenvalue weighted by molar-refractivity contribution is 0.392. The Balaban J connectivity index is 1.90.